The number of aromatic amines is 1. The van der Waals surface area contributed by atoms with Crippen molar-refractivity contribution < 1.29 is 0 Å². The molecule has 0 bridgehead atoms. The summed E-state index contributed by atoms with van der Waals surface area (Å²) in [4.78, 5) is 35.5. The Morgan fingerprint density at radius 1 is 1.15 bits per heavy atom. The van der Waals surface area contributed by atoms with Gasteiger partial charge in [-0.1, -0.05) is 0 Å². The van der Waals surface area contributed by atoms with Gasteiger partial charge in [0.05, 0.1) is 10.4 Å². The first-order valence-electron chi connectivity index (χ1n) is 12.0. The van der Waals surface area contributed by atoms with Crippen molar-refractivity contribution in [3.05, 3.63) is 28.3 Å². The van der Waals surface area contributed by atoms with E-state index in [9.17, 15) is 4.79 Å². The van der Waals surface area contributed by atoms with Gasteiger partial charge in [0, 0.05) is 50.9 Å². The minimum atomic E-state index is -0.134. The van der Waals surface area contributed by atoms with Crippen LogP contribution in [0.2, 0.25) is 0 Å². The van der Waals surface area contributed by atoms with Crippen LogP contribution in [0.3, 0.4) is 0 Å². The Morgan fingerprint density at radius 3 is 2.76 bits per heavy atom. The number of likely N-dealkylation sites (N-methyl/N-ethyl adjacent to an activating group) is 1. The van der Waals surface area contributed by atoms with Gasteiger partial charge in [-0.05, 0) is 45.3 Å². The molecule has 1 saturated carbocycles. The largest absolute Gasteiger partial charge is 0.365 e. The number of thiazole rings is 1. The van der Waals surface area contributed by atoms with Gasteiger partial charge in [-0.2, -0.15) is 4.98 Å². The van der Waals surface area contributed by atoms with E-state index in [0.29, 0.717) is 28.3 Å². The summed E-state index contributed by atoms with van der Waals surface area (Å²) in [5.74, 6) is 1.79. The third kappa shape index (κ3) is 4.22. The molecule has 0 spiro atoms. The highest BCUT2D eigenvalue weighted by atomic mass is 32.1. The maximum atomic E-state index is 13.5. The van der Waals surface area contributed by atoms with Crippen molar-refractivity contribution in [2.45, 2.75) is 37.6 Å². The first-order valence-corrected chi connectivity index (χ1v) is 12.8. The summed E-state index contributed by atoms with van der Waals surface area (Å²) in [6, 6.07) is 2.24. The Morgan fingerprint density at radius 2 is 2.00 bits per heavy atom. The number of piperazine rings is 1. The van der Waals surface area contributed by atoms with Crippen LogP contribution in [0, 0.1) is 0 Å². The second-order valence-corrected chi connectivity index (χ2v) is 10.5. The molecular weight excluding hydrogens is 436 g/mol. The molecular formula is C23H30N8OS. The van der Waals surface area contributed by atoms with Gasteiger partial charge in [0.1, 0.15) is 21.9 Å². The van der Waals surface area contributed by atoms with Crippen LogP contribution in [0.5, 0.6) is 0 Å². The van der Waals surface area contributed by atoms with E-state index < -0.39 is 0 Å². The molecule has 2 saturated heterocycles. The highest BCUT2D eigenvalue weighted by Crippen LogP contribution is 2.43. The summed E-state index contributed by atoms with van der Waals surface area (Å²) in [6.45, 7) is 5.51. The summed E-state index contributed by atoms with van der Waals surface area (Å²) in [5.41, 5.74) is 2.42. The molecule has 3 aromatic rings. The first kappa shape index (κ1) is 21.0. The van der Waals surface area contributed by atoms with Gasteiger partial charge in [0.2, 0.25) is 5.95 Å². The van der Waals surface area contributed by atoms with E-state index in [4.69, 9.17) is 9.97 Å². The zero-order valence-corrected chi connectivity index (χ0v) is 19.7. The lowest BCUT2D eigenvalue weighted by Gasteiger charge is -2.33. The van der Waals surface area contributed by atoms with Crippen LogP contribution in [0.1, 0.15) is 37.3 Å². The first-order chi connectivity index (χ1) is 16.2. The average Bonchev–Trinajstić information content (AvgIpc) is 3.58. The van der Waals surface area contributed by atoms with Gasteiger partial charge in [-0.25, -0.2) is 4.98 Å². The van der Waals surface area contributed by atoms with Gasteiger partial charge >= 0.3 is 0 Å². The fourth-order valence-corrected chi connectivity index (χ4v) is 5.75. The molecule has 0 radical (unpaired) electrons. The van der Waals surface area contributed by atoms with E-state index in [2.05, 4.69) is 37.4 Å². The smallest absolute Gasteiger partial charge is 0.264 e. The number of hydrogen-bond acceptors (Lipinski definition) is 9. The molecule has 3 aliphatic rings. The van der Waals surface area contributed by atoms with Crippen LogP contribution < -0.4 is 21.1 Å². The summed E-state index contributed by atoms with van der Waals surface area (Å²) < 4.78 is 1.08. The lowest BCUT2D eigenvalue weighted by molar-refractivity contribution is 0.311. The minimum Gasteiger partial charge on any atom is -0.365 e. The average molecular weight is 467 g/mol. The van der Waals surface area contributed by atoms with Crippen molar-refractivity contribution in [1.29, 1.82) is 0 Å². The van der Waals surface area contributed by atoms with Crippen LogP contribution in [0.15, 0.2) is 17.1 Å². The van der Waals surface area contributed by atoms with Gasteiger partial charge in [0.15, 0.2) is 0 Å². The number of piperidine rings is 1. The third-order valence-corrected chi connectivity index (χ3v) is 7.90. The molecule has 1 atom stereocenters. The fourth-order valence-electron chi connectivity index (χ4n) is 4.74. The van der Waals surface area contributed by atoms with Crippen molar-refractivity contribution in [1.82, 2.24) is 30.2 Å². The standard InChI is InChI=1S/C23H30N8OS/c1-30-9-11-31(12-10-30)23-28-20(26-15-3-2-7-24-13-15)17(21(32)29-23)22-27-19-16(33-22)6-8-25-18(19)14-4-5-14/h6,8,14-15,24H,2-5,7,9-13H2,1H3,(H2,26,28,29,32). The lowest BCUT2D eigenvalue weighted by atomic mass is 10.1. The molecule has 3 fully saturated rings. The number of fused-ring (bicyclic) bond motifs is 1. The molecule has 3 aromatic heterocycles. The summed E-state index contributed by atoms with van der Waals surface area (Å²) in [5, 5.41) is 7.75. The van der Waals surface area contributed by atoms with Gasteiger partial charge in [0.25, 0.3) is 5.56 Å². The van der Waals surface area contributed by atoms with E-state index in [-0.39, 0.29) is 11.6 Å². The summed E-state index contributed by atoms with van der Waals surface area (Å²) in [6.07, 6.45) is 6.37. The SMILES string of the molecule is CN1CCN(c2nc(NC3CCCNC3)c(-c3nc4c(C5CC5)nccc4s3)c(=O)[nH]2)CC1. The van der Waals surface area contributed by atoms with E-state index in [1.54, 1.807) is 11.3 Å². The monoisotopic (exact) mass is 466 g/mol. The number of aromatic nitrogens is 4. The molecule has 6 rings (SSSR count). The molecule has 1 aliphatic carbocycles. The van der Waals surface area contributed by atoms with Gasteiger partial charge < -0.3 is 20.4 Å². The number of rotatable bonds is 5. The molecule has 0 aromatic carbocycles. The van der Waals surface area contributed by atoms with Crippen molar-refractivity contribution in [3.63, 3.8) is 0 Å². The molecule has 3 N–H and O–H groups in total. The molecule has 9 nitrogen and oxygen atoms in total. The number of anilines is 2. The Kier molecular flexibility index (Phi) is 5.51. The van der Waals surface area contributed by atoms with Crippen LogP contribution >= 0.6 is 11.3 Å². The van der Waals surface area contributed by atoms with Crippen molar-refractivity contribution in [2.24, 2.45) is 0 Å². The molecule has 174 valence electrons. The number of hydrogen-bond donors (Lipinski definition) is 3. The predicted molar refractivity (Wildman–Crippen MR) is 132 cm³/mol. The number of H-pyrrole nitrogens is 1. The quantitative estimate of drug-likeness (QED) is 0.526. The van der Waals surface area contributed by atoms with Crippen LogP contribution in [0.25, 0.3) is 20.8 Å². The van der Waals surface area contributed by atoms with Crippen LogP contribution in [0.4, 0.5) is 11.8 Å². The summed E-state index contributed by atoms with van der Waals surface area (Å²) in [7, 11) is 2.12. The molecule has 5 heterocycles. The minimum absolute atomic E-state index is 0.134. The fraction of sp³-hybridized carbons (Fsp3) is 0.565. The van der Waals surface area contributed by atoms with Crippen molar-refractivity contribution >= 4 is 33.3 Å². The van der Waals surface area contributed by atoms with E-state index in [1.165, 1.54) is 12.8 Å². The molecule has 10 heteroatoms. The molecule has 0 amide bonds. The zero-order chi connectivity index (χ0) is 22.4. The number of nitrogens with zero attached hydrogens (tertiary/aromatic N) is 5. The summed E-state index contributed by atoms with van der Waals surface area (Å²) >= 11 is 1.55. The van der Waals surface area contributed by atoms with E-state index in [0.717, 1.165) is 68.0 Å². The van der Waals surface area contributed by atoms with Crippen LogP contribution in [-0.2, 0) is 0 Å². The lowest BCUT2D eigenvalue weighted by Crippen LogP contribution is -2.46. The Hall–Kier alpha value is -2.56. The Labute approximate surface area is 196 Å². The zero-order valence-electron chi connectivity index (χ0n) is 18.9. The van der Waals surface area contributed by atoms with Gasteiger partial charge in [-0.15, -0.1) is 11.3 Å². The molecule has 1 unspecified atom stereocenters. The second-order valence-electron chi connectivity index (χ2n) is 9.43. The molecule has 2 aliphatic heterocycles. The third-order valence-electron chi connectivity index (χ3n) is 6.86. The van der Waals surface area contributed by atoms with Gasteiger partial charge in [-0.3, -0.25) is 14.8 Å². The molecule has 33 heavy (non-hydrogen) atoms. The van der Waals surface area contributed by atoms with E-state index in [1.807, 2.05) is 12.3 Å². The second kappa shape index (κ2) is 8.66. The Bertz CT molecular complexity index is 1200. The van der Waals surface area contributed by atoms with Crippen LogP contribution in [-0.4, -0.2) is 77.2 Å². The van der Waals surface area contributed by atoms with E-state index >= 15 is 0 Å². The number of pyridine rings is 1. The normalized spacial score (nSPS) is 22.1. The Balaban J connectivity index is 1.42. The number of nitrogens with one attached hydrogen (secondary N) is 3. The van der Waals surface area contributed by atoms with Crippen molar-refractivity contribution in [3.8, 4) is 10.6 Å². The predicted octanol–water partition coefficient (Wildman–Crippen LogP) is 2.23. The topological polar surface area (TPSA) is 102 Å². The highest BCUT2D eigenvalue weighted by molar-refractivity contribution is 7.21. The highest BCUT2D eigenvalue weighted by Gasteiger charge is 2.29. The van der Waals surface area contributed by atoms with Crippen molar-refractivity contribution in [2.75, 3.05) is 56.5 Å². The maximum absolute atomic E-state index is 13.5. The maximum Gasteiger partial charge on any atom is 0.264 e.